The van der Waals surface area contributed by atoms with Gasteiger partial charge >= 0.3 is 5.69 Å². The van der Waals surface area contributed by atoms with E-state index in [1.54, 1.807) is 24.3 Å². The van der Waals surface area contributed by atoms with Crippen molar-refractivity contribution in [3.05, 3.63) is 81.1 Å². The molecule has 7 nitrogen and oxygen atoms in total. The normalized spacial score (nSPS) is 12.3. The number of aromatic nitrogens is 3. The molecule has 0 radical (unpaired) electrons. The van der Waals surface area contributed by atoms with Crippen LogP contribution in [0.1, 0.15) is 24.9 Å². The molecular formula is C22H22N4O3. The number of hydrogen-bond donors (Lipinski definition) is 3. The topological polar surface area (TPSA) is 99.8 Å². The van der Waals surface area contributed by atoms with Crippen LogP contribution >= 0.6 is 0 Å². The number of fused-ring (bicyclic) bond motifs is 2. The zero-order chi connectivity index (χ0) is 20.4. The fourth-order valence-electron chi connectivity index (χ4n) is 3.64. The Kier molecular flexibility index (Phi) is 5.03. The van der Waals surface area contributed by atoms with Gasteiger partial charge in [0.2, 0.25) is 5.91 Å². The molecule has 0 unspecified atom stereocenters. The van der Waals surface area contributed by atoms with Crippen molar-refractivity contribution in [1.29, 1.82) is 0 Å². The van der Waals surface area contributed by atoms with Gasteiger partial charge < -0.3 is 15.3 Å². The summed E-state index contributed by atoms with van der Waals surface area (Å²) >= 11 is 0. The van der Waals surface area contributed by atoms with E-state index in [2.05, 4.69) is 15.3 Å². The molecule has 1 atom stereocenters. The Balaban J connectivity index is 1.85. The fourth-order valence-corrected chi connectivity index (χ4v) is 3.64. The minimum absolute atomic E-state index is 0.223. The summed E-state index contributed by atoms with van der Waals surface area (Å²) in [5.41, 5.74) is 1.20. The number of aromatic amines is 2. The lowest BCUT2D eigenvalue weighted by molar-refractivity contribution is -0.124. The molecule has 4 rings (SSSR count). The lowest BCUT2D eigenvalue weighted by atomic mass is 10.0. The summed E-state index contributed by atoms with van der Waals surface area (Å²) in [6, 6.07) is 13.6. The number of carbonyl (C=O) groups is 1. The Bertz CT molecular complexity index is 1300. The Hall–Kier alpha value is -3.61. The summed E-state index contributed by atoms with van der Waals surface area (Å²) in [6.07, 6.45) is 2.81. The average molecular weight is 390 g/mol. The third kappa shape index (κ3) is 3.47. The van der Waals surface area contributed by atoms with Crippen LogP contribution < -0.4 is 16.6 Å². The standard InChI is InChI=1S/C22H22N4O3/c1-2-11-23-20(27)19(12-14-13-24-17-9-5-3-7-15(14)17)26-21(28)16-8-4-6-10-18(16)25-22(26)29/h3-10,13,19,24H,2,11-12H2,1H3,(H,23,27)(H,25,29)/t19-/m1/s1. The van der Waals surface area contributed by atoms with Gasteiger partial charge in [0.15, 0.2) is 0 Å². The van der Waals surface area contributed by atoms with Gasteiger partial charge in [0, 0.05) is 30.1 Å². The molecule has 2 heterocycles. The largest absolute Gasteiger partial charge is 0.361 e. The minimum atomic E-state index is -0.957. The van der Waals surface area contributed by atoms with Gasteiger partial charge in [0.05, 0.1) is 10.9 Å². The van der Waals surface area contributed by atoms with E-state index in [1.165, 1.54) is 0 Å². The van der Waals surface area contributed by atoms with Crippen LogP contribution in [0.3, 0.4) is 0 Å². The minimum Gasteiger partial charge on any atom is -0.361 e. The molecule has 148 valence electrons. The number of rotatable bonds is 6. The fraction of sp³-hybridized carbons (Fsp3) is 0.227. The third-order valence-electron chi connectivity index (χ3n) is 5.09. The first-order chi connectivity index (χ1) is 14.1. The monoisotopic (exact) mass is 390 g/mol. The predicted octanol–water partition coefficient (Wildman–Crippen LogP) is 2.48. The van der Waals surface area contributed by atoms with Crippen LogP contribution in [0, 0.1) is 0 Å². The van der Waals surface area contributed by atoms with E-state index in [0.29, 0.717) is 17.4 Å². The molecule has 7 heteroatoms. The highest BCUT2D eigenvalue weighted by molar-refractivity contribution is 5.86. The van der Waals surface area contributed by atoms with Gasteiger partial charge in [-0.15, -0.1) is 0 Å². The molecule has 29 heavy (non-hydrogen) atoms. The highest BCUT2D eigenvalue weighted by atomic mass is 16.2. The number of benzene rings is 2. The van der Waals surface area contributed by atoms with E-state index in [4.69, 9.17) is 0 Å². The van der Waals surface area contributed by atoms with E-state index < -0.39 is 17.3 Å². The molecule has 0 fully saturated rings. The number of hydrogen-bond acceptors (Lipinski definition) is 3. The van der Waals surface area contributed by atoms with E-state index >= 15 is 0 Å². The molecule has 1 amide bonds. The van der Waals surface area contributed by atoms with Crippen molar-refractivity contribution < 1.29 is 4.79 Å². The van der Waals surface area contributed by atoms with Crippen LogP contribution in [0.4, 0.5) is 0 Å². The van der Waals surface area contributed by atoms with E-state index in [1.807, 2.05) is 37.4 Å². The first-order valence-corrected chi connectivity index (χ1v) is 9.66. The maximum absolute atomic E-state index is 13.1. The highest BCUT2D eigenvalue weighted by Gasteiger charge is 2.26. The second-order valence-electron chi connectivity index (χ2n) is 7.02. The summed E-state index contributed by atoms with van der Waals surface area (Å²) < 4.78 is 1.04. The zero-order valence-electron chi connectivity index (χ0n) is 16.1. The number of nitrogens with zero attached hydrogens (tertiary/aromatic N) is 1. The first-order valence-electron chi connectivity index (χ1n) is 9.66. The lowest BCUT2D eigenvalue weighted by Crippen LogP contribution is -2.45. The maximum Gasteiger partial charge on any atom is 0.329 e. The van der Waals surface area contributed by atoms with Gasteiger partial charge in [-0.25, -0.2) is 9.36 Å². The van der Waals surface area contributed by atoms with Crippen LogP contribution in [0.2, 0.25) is 0 Å². The molecule has 2 aromatic heterocycles. The lowest BCUT2D eigenvalue weighted by Gasteiger charge is -2.19. The summed E-state index contributed by atoms with van der Waals surface area (Å²) in [7, 11) is 0. The van der Waals surface area contributed by atoms with Gasteiger partial charge in [-0.3, -0.25) is 9.59 Å². The summed E-state index contributed by atoms with van der Waals surface area (Å²) in [5.74, 6) is -0.347. The number of carbonyl (C=O) groups excluding carboxylic acids is 1. The van der Waals surface area contributed by atoms with E-state index in [9.17, 15) is 14.4 Å². The van der Waals surface area contributed by atoms with Crippen molar-refractivity contribution in [2.75, 3.05) is 6.54 Å². The van der Waals surface area contributed by atoms with Crippen LogP contribution in [0.5, 0.6) is 0 Å². The van der Waals surface area contributed by atoms with Crippen LogP contribution in [0.15, 0.2) is 64.3 Å². The second kappa shape index (κ2) is 7.79. The molecule has 0 bridgehead atoms. The molecule has 0 aliphatic carbocycles. The van der Waals surface area contributed by atoms with Crippen molar-refractivity contribution in [1.82, 2.24) is 19.9 Å². The smallest absolute Gasteiger partial charge is 0.329 e. The SMILES string of the molecule is CCCNC(=O)[C@@H](Cc1c[nH]c2ccccc12)n1c(=O)[nH]c2ccccc2c1=O. The van der Waals surface area contributed by atoms with Gasteiger partial charge in [0.25, 0.3) is 5.56 Å². The summed E-state index contributed by atoms with van der Waals surface area (Å²) in [4.78, 5) is 44.8. The number of amides is 1. The first kappa shape index (κ1) is 18.7. The Morgan fingerprint density at radius 1 is 1.03 bits per heavy atom. The van der Waals surface area contributed by atoms with Crippen LogP contribution in [-0.2, 0) is 11.2 Å². The Morgan fingerprint density at radius 3 is 2.48 bits per heavy atom. The molecule has 0 spiro atoms. The predicted molar refractivity (Wildman–Crippen MR) is 113 cm³/mol. The molecule has 0 saturated carbocycles. The molecular weight excluding hydrogens is 368 g/mol. The Labute approximate surface area is 166 Å². The van der Waals surface area contributed by atoms with Crippen molar-refractivity contribution in [2.45, 2.75) is 25.8 Å². The molecule has 2 aromatic carbocycles. The van der Waals surface area contributed by atoms with Gasteiger partial charge in [-0.05, 0) is 30.2 Å². The average Bonchev–Trinajstić information content (AvgIpc) is 3.14. The summed E-state index contributed by atoms with van der Waals surface area (Å²) in [5, 5.41) is 4.17. The van der Waals surface area contributed by atoms with Crippen molar-refractivity contribution >= 4 is 27.7 Å². The number of para-hydroxylation sites is 2. The van der Waals surface area contributed by atoms with Gasteiger partial charge in [-0.2, -0.15) is 0 Å². The highest BCUT2D eigenvalue weighted by Crippen LogP contribution is 2.22. The maximum atomic E-state index is 13.1. The molecule has 0 aliphatic heterocycles. The van der Waals surface area contributed by atoms with Crippen LogP contribution in [-0.4, -0.2) is 27.0 Å². The van der Waals surface area contributed by atoms with Crippen LogP contribution in [0.25, 0.3) is 21.8 Å². The molecule has 0 saturated heterocycles. The van der Waals surface area contributed by atoms with Gasteiger partial charge in [0.1, 0.15) is 6.04 Å². The molecule has 3 N–H and O–H groups in total. The van der Waals surface area contributed by atoms with Crippen molar-refractivity contribution in [3.63, 3.8) is 0 Å². The van der Waals surface area contributed by atoms with Crippen molar-refractivity contribution in [2.24, 2.45) is 0 Å². The zero-order valence-corrected chi connectivity index (χ0v) is 16.1. The van der Waals surface area contributed by atoms with E-state index in [0.717, 1.165) is 27.5 Å². The Morgan fingerprint density at radius 2 is 1.72 bits per heavy atom. The van der Waals surface area contributed by atoms with E-state index in [-0.39, 0.29) is 12.3 Å². The summed E-state index contributed by atoms with van der Waals surface area (Å²) in [6.45, 7) is 2.42. The van der Waals surface area contributed by atoms with Crippen molar-refractivity contribution in [3.8, 4) is 0 Å². The molecule has 0 aliphatic rings. The second-order valence-corrected chi connectivity index (χ2v) is 7.02. The molecule has 4 aromatic rings. The number of H-pyrrole nitrogens is 2. The quantitative estimate of drug-likeness (QED) is 0.472. The van der Waals surface area contributed by atoms with Gasteiger partial charge in [-0.1, -0.05) is 37.3 Å². The number of nitrogens with one attached hydrogen (secondary N) is 3. The third-order valence-corrected chi connectivity index (χ3v) is 5.09.